The van der Waals surface area contributed by atoms with E-state index < -0.39 is 29.9 Å². The van der Waals surface area contributed by atoms with Crippen LogP contribution in [0.2, 0.25) is 0 Å². The molecule has 0 bridgehead atoms. The lowest BCUT2D eigenvalue weighted by Gasteiger charge is -2.27. The highest BCUT2D eigenvalue weighted by Gasteiger charge is 2.44. The Morgan fingerprint density at radius 3 is 2.05 bits per heavy atom. The average molecular weight is 300 g/mol. The summed E-state index contributed by atoms with van der Waals surface area (Å²) in [6, 6.07) is 7.16. The topological polar surface area (TPSA) is 87.5 Å². The first-order chi connectivity index (χ1) is 10.4. The summed E-state index contributed by atoms with van der Waals surface area (Å²) in [7, 11) is 0. The number of esters is 1. The van der Waals surface area contributed by atoms with Gasteiger partial charge in [-0.15, -0.1) is 0 Å². The zero-order valence-corrected chi connectivity index (χ0v) is 12.6. The number of imide groups is 1. The molecule has 1 heterocycles. The van der Waals surface area contributed by atoms with E-state index in [1.165, 1.54) is 6.92 Å². The minimum Gasteiger partial charge on any atom is -0.446 e. The number of nitrogens with zero attached hydrogens (tertiary/aromatic N) is 2. The Hall–Kier alpha value is -2.68. The third-order valence-electron chi connectivity index (χ3n) is 3.45. The Labute approximate surface area is 128 Å². The maximum Gasteiger partial charge on any atom is 0.330 e. The molecule has 22 heavy (non-hydrogen) atoms. The molecular weight excluding hydrogens is 284 g/mol. The molecule has 0 N–H and O–H groups in total. The number of hydrogen-bond acceptors (Lipinski definition) is 5. The molecule has 6 nitrogen and oxygen atoms in total. The number of carbonyl (C=O) groups is 3. The van der Waals surface area contributed by atoms with Crippen molar-refractivity contribution >= 4 is 17.8 Å². The summed E-state index contributed by atoms with van der Waals surface area (Å²) in [6.07, 6.45) is -0.941. The van der Waals surface area contributed by atoms with E-state index in [1.807, 2.05) is 0 Å². The van der Waals surface area contributed by atoms with Gasteiger partial charge in [-0.05, 0) is 25.0 Å². The van der Waals surface area contributed by atoms with E-state index in [-0.39, 0.29) is 17.0 Å². The maximum absolute atomic E-state index is 12.4. The first kappa shape index (κ1) is 15.7. The van der Waals surface area contributed by atoms with Gasteiger partial charge >= 0.3 is 5.97 Å². The second-order valence-electron chi connectivity index (χ2n) is 5.42. The van der Waals surface area contributed by atoms with E-state index >= 15 is 0 Å². The van der Waals surface area contributed by atoms with E-state index in [0.29, 0.717) is 0 Å². The fourth-order valence-electron chi connectivity index (χ4n) is 2.41. The summed E-state index contributed by atoms with van der Waals surface area (Å²) in [6.45, 7) is 4.86. The highest BCUT2D eigenvalue weighted by molar-refractivity contribution is 6.22. The van der Waals surface area contributed by atoms with Gasteiger partial charge in [-0.2, -0.15) is 5.26 Å². The zero-order chi connectivity index (χ0) is 16.4. The van der Waals surface area contributed by atoms with Crippen molar-refractivity contribution in [2.75, 3.05) is 0 Å². The first-order valence-corrected chi connectivity index (χ1v) is 6.95. The number of ether oxygens (including phenoxy) is 1. The number of carbonyl (C=O) groups excluding carboxylic acids is 3. The molecule has 0 saturated carbocycles. The lowest BCUT2D eigenvalue weighted by molar-refractivity contribution is -0.152. The molecule has 1 aliphatic rings. The molecule has 0 fully saturated rings. The number of benzene rings is 1. The van der Waals surface area contributed by atoms with E-state index in [0.717, 1.165) is 4.90 Å². The van der Waals surface area contributed by atoms with Crippen molar-refractivity contribution in [3.63, 3.8) is 0 Å². The molecule has 2 amide bonds. The van der Waals surface area contributed by atoms with Crippen molar-refractivity contribution < 1.29 is 19.1 Å². The van der Waals surface area contributed by atoms with Gasteiger partial charge in [0.25, 0.3) is 11.8 Å². The minimum atomic E-state index is -1.05. The van der Waals surface area contributed by atoms with Crippen LogP contribution in [0.25, 0.3) is 0 Å². The van der Waals surface area contributed by atoms with Crippen LogP contribution >= 0.6 is 0 Å². The highest BCUT2D eigenvalue weighted by Crippen LogP contribution is 2.27. The van der Waals surface area contributed by atoms with Gasteiger partial charge in [0.2, 0.25) is 0 Å². The Morgan fingerprint density at radius 1 is 1.14 bits per heavy atom. The van der Waals surface area contributed by atoms with Crippen LogP contribution in [0.15, 0.2) is 24.3 Å². The summed E-state index contributed by atoms with van der Waals surface area (Å²) in [4.78, 5) is 38.1. The lowest BCUT2D eigenvalue weighted by Crippen LogP contribution is -2.49. The van der Waals surface area contributed by atoms with Crippen molar-refractivity contribution in [3.8, 4) is 6.07 Å². The molecule has 2 atom stereocenters. The van der Waals surface area contributed by atoms with Gasteiger partial charge in [0, 0.05) is 0 Å². The fraction of sp³-hybridized carbons (Fsp3) is 0.375. The van der Waals surface area contributed by atoms with Gasteiger partial charge in [-0.3, -0.25) is 14.5 Å². The van der Waals surface area contributed by atoms with Gasteiger partial charge in [0.05, 0.1) is 11.1 Å². The summed E-state index contributed by atoms with van der Waals surface area (Å²) in [5.74, 6) is -2.11. The lowest BCUT2D eigenvalue weighted by atomic mass is 10.0. The van der Waals surface area contributed by atoms with Gasteiger partial charge in [-0.25, -0.2) is 4.79 Å². The molecule has 1 aromatic carbocycles. The van der Waals surface area contributed by atoms with Gasteiger partial charge < -0.3 is 4.74 Å². The first-order valence-electron chi connectivity index (χ1n) is 6.95. The number of fused-ring (bicyclic) bond motifs is 1. The molecular formula is C16H16N2O4. The molecule has 0 spiro atoms. The fourth-order valence-corrected chi connectivity index (χ4v) is 2.41. The SMILES string of the molecule is CC(C)[C@H](C(=O)O[C@H](C)C#N)N1C(=O)c2ccccc2C1=O. The summed E-state index contributed by atoms with van der Waals surface area (Å²) >= 11 is 0. The second kappa shape index (κ2) is 5.98. The molecule has 0 saturated heterocycles. The molecule has 1 aromatic rings. The van der Waals surface area contributed by atoms with Gasteiger partial charge in [0.1, 0.15) is 12.1 Å². The predicted octanol–water partition coefficient (Wildman–Crippen LogP) is 1.76. The molecule has 6 heteroatoms. The monoisotopic (exact) mass is 300 g/mol. The Balaban J connectivity index is 2.36. The second-order valence-corrected chi connectivity index (χ2v) is 5.42. The van der Waals surface area contributed by atoms with E-state index in [4.69, 9.17) is 10.00 Å². The van der Waals surface area contributed by atoms with Crippen molar-refractivity contribution in [3.05, 3.63) is 35.4 Å². The summed E-state index contributed by atoms with van der Waals surface area (Å²) < 4.78 is 4.98. The molecule has 1 aliphatic heterocycles. The normalized spacial score (nSPS) is 16.2. The molecule has 0 unspecified atom stereocenters. The molecule has 0 aromatic heterocycles. The minimum absolute atomic E-state index is 0.277. The van der Waals surface area contributed by atoms with Crippen molar-refractivity contribution in [2.45, 2.75) is 32.9 Å². The van der Waals surface area contributed by atoms with Crippen LogP contribution in [-0.2, 0) is 9.53 Å². The molecule has 0 radical (unpaired) electrons. The maximum atomic E-state index is 12.4. The smallest absolute Gasteiger partial charge is 0.330 e. The van der Waals surface area contributed by atoms with Crippen LogP contribution in [0.3, 0.4) is 0 Å². The Kier molecular flexibility index (Phi) is 4.27. The zero-order valence-electron chi connectivity index (χ0n) is 12.6. The predicted molar refractivity (Wildman–Crippen MR) is 76.7 cm³/mol. The molecule has 0 aliphatic carbocycles. The van der Waals surface area contributed by atoms with Crippen molar-refractivity contribution in [2.24, 2.45) is 5.92 Å². The van der Waals surface area contributed by atoms with E-state index in [1.54, 1.807) is 44.2 Å². The van der Waals surface area contributed by atoms with Crippen LogP contribution in [0.1, 0.15) is 41.5 Å². The molecule has 2 rings (SSSR count). The van der Waals surface area contributed by atoms with Crippen LogP contribution in [0, 0.1) is 17.2 Å². The molecule has 114 valence electrons. The van der Waals surface area contributed by atoms with Crippen LogP contribution in [0.4, 0.5) is 0 Å². The third kappa shape index (κ3) is 2.58. The van der Waals surface area contributed by atoms with Crippen molar-refractivity contribution in [1.82, 2.24) is 4.90 Å². The van der Waals surface area contributed by atoms with Crippen molar-refractivity contribution in [1.29, 1.82) is 5.26 Å². The summed E-state index contributed by atoms with van der Waals surface area (Å²) in [5.41, 5.74) is 0.554. The number of rotatable bonds is 4. The average Bonchev–Trinajstić information content (AvgIpc) is 2.73. The quantitative estimate of drug-likeness (QED) is 0.624. The van der Waals surface area contributed by atoms with E-state index in [2.05, 4.69) is 0 Å². The van der Waals surface area contributed by atoms with Crippen LogP contribution < -0.4 is 0 Å². The van der Waals surface area contributed by atoms with Gasteiger partial charge in [0.15, 0.2) is 6.10 Å². The highest BCUT2D eigenvalue weighted by atomic mass is 16.5. The Morgan fingerprint density at radius 2 is 1.64 bits per heavy atom. The standard InChI is InChI=1S/C16H16N2O4/c1-9(2)13(16(21)22-10(3)8-17)18-14(19)11-6-4-5-7-12(11)15(18)20/h4-7,9-10,13H,1-3H3/t10-,13-/m1/s1. The third-order valence-corrected chi connectivity index (χ3v) is 3.45. The van der Waals surface area contributed by atoms with Crippen LogP contribution in [0.5, 0.6) is 0 Å². The number of hydrogen-bond donors (Lipinski definition) is 0. The van der Waals surface area contributed by atoms with Crippen LogP contribution in [-0.4, -0.2) is 34.8 Å². The number of amides is 2. The Bertz CT molecular complexity index is 640. The largest absolute Gasteiger partial charge is 0.446 e. The van der Waals surface area contributed by atoms with E-state index in [9.17, 15) is 14.4 Å². The van der Waals surface area contributed by atoms with Gasteiger partial charge in [-0.1, -0.05) is 26.0 Å². The summed E-state index contributed by atoms with van der Waals surface area (Å²) in [5, 5.41) is 8.74. The number of nitriles is 1.